The van der Waals surface area contributed by atoms with Crippen LogP contribution in [0.4, 0.5) is 0 Å². The Morgan fingerprint density at radius 2 is 1.57 bits per heavy atom. The van der Waals surface area contributed by atoms with E-state index in [-0.39, 0.29) is 16.9 Å². The molecule has 2 N–H and O–H groups in total. The van der Waals surface area contributed by atoms with Crippen LogP contribution in [0.2, 0.25) is 0 Å². The number of hydrogen-bond donors (Lipinski definition) is 2. The van der Waals surface area contributed by atoms with Crippen LogP contribution in [-0.4, -0.2) is 22.2 Å². The molecule has 1 atom stereocenters. The molecule has 0 bridgehead atoms. The predicted molar refractivity (Wildman–Crippen MR) is 50.7 cm³/mol. The maximum atomic E-state index is 10.7. The number of carboxylic acids is 2. The van der Waals surface area contributed by atoms with Gasteiger partial charge in [0.05, 0.1) is 9.47 Å². The molecule has 0 aliphatic heterocycles. The number of aromatic carboxylic acids is 2. The Morgan fingerprint density at radius 1 is 1.14 bits per heavy atom. The molecule has 0 spiro atoms. The smallest absolute Gasteiger partial charge is 0.339 e. The first kappa shape index (κ1) is 10.5. The van der Waals surface area contributed by atoms with Crippen molar-refractivity contribution in [3.05, 3.63) is 29.3 Å². The summed E-state index contributed by atoms with van der Waals surface area (Å²) in [5.41, 5.74) is -0.361. The van der Waals surface area contributed by atoms with Gasteiger partial charge in [-0.05, 0) is 12.1 Å². The second-order valence-corrected chi connectivity index (χ2v) is 2.65. The van der Waals surface area contributed by atoms with Crippen molar-refractivity contribution in [2.75, 3.05) is 0 Å². The molecule has 14 heavy (non-hydrogen) atoms. The van der Waals surface area contributed by atoms with Crippen molar-refractivity contribution in [2.24, 2.45) is 0 Å². The van der Waals surface area contributed by atoms with Crippen LogP contribution in [0, 0.1) is 0 Å². The molecule has 0 aliphatic carbocycles. The van der Waals surface area contributed by atoms with E-state index in [2.05, 4.69) is 4.52 Å². The Kier molecular flexibility index (Phi) is 3.04. The van der Waals surface area contributed by atoms with E-state index in [0.717, 1.165) is 0 Å². The van der Waals surface area contributed by atoms with Crippen molar-refractivity contribution in [2.45, 2.75) is 0 Å². The SMILES string of the molecule is O=C(O)c1cccc(C(=O)O)c1OP. The van der Waals surface area contributed by atoms with E-state index in [1.807, 2.05) is 9.47 Å². The number of hydrogen-bond acceptors (Lipinski definition) is 3. The highest BCUT2D eigenvalue weighted by molar-refractivity contribution is 7.10. The van der Waals surface area contributed by atoms with Gasteiger partial charge >= 0.3 is 11.9 Å². The Balaban J connectivity index is 3.39. The summed E-state index contributed by atoms with van der Waals surface area (Å²) >= 11 is 0. The van der Waals surface area contributed by atoms with Crippen molar-refractivity contribution in [3.8, 4) is 5.75 Å². The van der Waals surface area contributed by atoms with Crippen LogP contribution in [0.15, 0.2) is 18.2 Å². The number of para-hydroxylation sites is 1. The van der Waals surface area contributed by atoms with E-state index < -0.39 is 11.9 Å². The summed E-state index contributed by atoms with van der Waals surface area (Å²) in [7, 11) is 1.83. The van der Waals surface area contributed by atoms with Gasteiger partial charge < -0.3 is 14.7 Å². The van der Waals surface area contributed by atoms with Crippen molar-refractivity contribution in [1.82, 2.24) is 0 Å². The maximum Gasteiger partial charge on any atom is 0.339 e. The van der Waals surface area contributed by atoms with Gasteiger partial charge in [-0.2, -0.15) is 0 Å². The summed E-state index contributed by atoms with van der Waals surface area (Å²) < 4.78 is 4.65. The predicted octanol–water partition coefficient (Wildman–Crippen LogP) is 1.25. The minimum Gasteiger partial charge on any atom is -0.479 e. The van der Waals surface area contributed by atoms with Crippen molar-refractivity contribution in [3.63, 3.8) is 0 Å². The van der Waals surface area contributed by atoms with Crippen LogP contribution in [-0.2, 0) is 0 Å². The second kappa shape index (κ2) is 4.07. The van der Waals surface area contributed by atoms with Gasteiger partial charge in [0.1, 0.15) is 11.1 Å². The number of carbonyl (C=O) groups is 2. The van der Waals surface area contributed by atoms with Gasteiger partial charge in [-0.1, -0.05) is 6.07 Å². The molecule has 1 unspecified atom stereocenters. The second-order valence-electron chi connectivity index (χ2n) is 2.41. The van der Waals surface area contributed by atoms with E-state index in [0.29, 0.717) is 0 Å². The molecule has 6 heteroatoms. The average Bonchev–Trinajstić information content (AvgIpc) is 2.16. The summed E-state index contributed by atoms with van der Waals surface area (Å²) in [6.07, 6.45) is 0. The molecular weight excluding hydrogens is 207 g/mol. The normalized spacial score (nSPS) is 9.50. The third kappa shape index (κ3) is 1.83. The van der Waals surface area contributed by atoms with Crippen LogP contribution in [0.3, 0.4) is 0 Å². The zero-order valence-electron chi connectivity index (χ0n) is 6.93. The first-order valence-electron chi connectivity index (χ1n) is 3.54. The lowest BCUT2D eigenvalue weighted by atomic mass is 10.1. The van der Waals surface area contributed by atoms with Gasteiger partial charge in [0.15, 0.2) is 5.75 Å². The molecule has 0 heterocycles. The standard InChI is InChI=1S/C8H7O5P/c9-7(10)4-2-1-3-5(8(11)12)6(4)13-14/h1-3H,14H2,(H,9,10)(H,11,12). The molecule has 0 amide bonds. The van der Waals surface area contributed by atoms with Crippen molar-refractivity contribution in [1.29, 1.82) is 0 Å². The fourth-order valence-electron chi connectivity index (χ4n) is 1.00. The van der Waals surface area contributed by atoms with Gasteiger partial charge in [0.25, 0.3) is 0 Å². The summed E-state index contributed by atoms with van der Waals surface area (Å²) in [4.78, 5) is 21.3. The molecule has 0 saturated heterocycles. The summed E-state index contributed by atoms with van der Waals surface area (Å²) in [5.74, 6) is -2.63. The lowest BCUT2D eigenvalue weighted by Gasteiger charge is -2.06. The first-order valence-corrected chi connectivity index (χ1v) is 4.01. The zero-order valence-corrected chi connectivity index (χ0v) is 8.08. The lowest BCUT2D eigenvalue weighted by Crippen LogP contribution is -2.05. The van der Waals surface area contributed by atoms with Crippen molar-refractivity contribution < 1.29 is 24.3 Å². The molecule has 1 aromatic rings. The van der Waals surface area contributed by atoms with Gasteiger partial charge in [-0.3, -0.25) is 0 Å². The zero-order chi connectivity index (χ0) is 10.7. The third-order valence-electron chi connectivity index (χ3n) is 1.59. The number of rotatable bonds is 3. The molecule has 0 aromatic heterocycles. The largest absolute Gasteiger partial charge is 0.479 e. The quantitative estimate of drug-likeness (QED) is 0.739. The first-order chi connectivity index (χ1) is 6.57. The van der Waals surface area contributed by atoms with Gasteiger partial charge in [-0.15, -0.1) is 0 Å². The molecule has 1 aromatic carbocycles. The average molecular weight is 214 g/mol. The molecule has 0 radical (unpaired) electrons. The molecule has 74 valence electrons. The number of carboxylic acid groups (broad SMARTS) is 2. The molecule has 0 aliphatic rings. The lowest BCUT2D eigenvalue weighted by molar-refractivity contribution is 0.0694. The summed E-state index contributed by atoms with van der Waals surface area (Å²) in [6.45, 7) is 0. The fraction of sp³-hybridized carbons (Fsp3) is 0. The minimum atomic E-state index is -1.23. The Hall–Kier alpha value is -1.61. The molecular formula is C8H7O5P. The Morgan fingerprint density at radius 3 is 1.86 bits per heavy atom. The molecule has 0 saturated carbocycles. The van der Waals surface area contributed by atoms with E-state index in [9.17, 15) is 9.59 Å². The van der Waals surface area contributed by atoms with Crippen LogP contribution < -0.4 is 4.52 Å². The summed E-state index contributed by atoms with van der Waals surface area (Å²) in [5, 5.41) is 17.4. The van der Waals surface area contributed by atoms with Gasteiger partial charge in [0, 0.05) is 0 Å². The highest BCUT2D eigenvalue weighted by Crippen LogP contribution is 2.25. The third-order valence-corrected chi connectivity index (χ3v) is 1.83. The van der Waals surface area contributed by atoms with Crippen LogP contribution in [0.1, 0.15) is 20.7 Å². The van der Waals surface area contributed by atoms with E-state index in [1.54, 1.807) is 0 Å². The van der Waals surface area contributed by atoms with Gasteiger partial charge in [-0.25, -0.2) is 9.59 Å². The van der Waals surface area contributed by atoms with Crippen molar-refractivity contribution >= 4 is 21.4 Å². The number of benzene rings is 1. The Bertz CT molecular complexity index is 355. The fourth-order valence-corrected chi connectivity index (χ4v) is 1.25. The van der Waals surface area contributed by atoms with Crippen LogP contribution in [0.25, 0.3) is 0 Å². The van der Waals surface area contributed by atoms with Crippen LogP contribution in [0.5, 0.6) is 5.75 Å². The van der Waals surface area contributed by atoms with E-state index in [4.69, 9.17) is 10.2 Å². The monoisotopic (exact) mass is 214 g/mol. The highest BCUT2D eigenvalue weighted by Gasteiger charge is 2.18. The Labute approximate surface area is 81.6 Å². The van der Waals surface area contributed by atoms with E-state index >= 15 is 0 Å². The van der Waals surface area contributed by atoms with E-state index in [1.165, 1.54) is 18.2 Å². The summed E-state index contributed by atoms with van der Waals surface area (Å²) in [6, 6.07) is 3.89. The molecule has 0 fully saturated rings. The molecule has 5 nitrogen and oxygen atoms in total. The maximum absolute atomic E-state index is 10.7. The minimum absolute atomic E-state index is 0.169. The van der Waals surface area contributed by atoms with Gasteiger partial charge in [0.2, 0.25) is 0 Å². The molecule has 1 rings (SSSR count). The van der Waals surface area contributed by atoms with Crippen LogP contribution >= 0.6 is 9.47 Å². The topological polar surface area (TPSA) is 83.8 Å². The highest BCUT2D eigenvalue weighted by atomic mass is 31.0.